The van der Waals surface area contributed by atoms with Crippen molar-refractivity contribution < 1.29 is 5.11 Å². The third-order valence-electron chi connectivity index (χ3n) is 1.27. The summed E-state index contributed by atoms with van der Waals surface area (Å²) >= 11 is 8.91. The van der Waals surface area contributed by atoms with Crippen molar-refractivity contribution in [3.63, 3.8) is 0 Å². The first-order chi connectivity index (χ1) is 6.09. The zero-order valence-electron chi connectivity index (χ0n) is 6.96. The molecular formula is C7H9BrClN3O. The number of aliphatic hydroxyl groups excluding tert-OH is 1. The van der Waals surface area contributed by atoms with Crippen molar-refractivity contribution >= 4 is 33.3 Å². The Bertz CT molecular complexity index is 295. The molecule has 1 heterocycles. The quantitative estimate of drug-likeness (QED) is 0.874. The number of hydrogen-bond acceptors (Lipinski definition) is 4. The van der Waals surface area contributed by atoms with Crippen LogP contribution in [0.15, 0.2) is 10.8 Å². The highest BCUT2D eigenvalue weighted by Gasteiger charge is 2.04. The Hall–Kier alpha value is -0.390. The molecule has 0 bridgehead atoms. The van der Waals surface area contributed by atoms with Crippen LogP contribution in [-0.2, 0) is 0 Å². The van der Waals surface area contributed by atoms with E-state index in [2.05, 4.69) is 31.2 Å². The highest BCUT2D eigenvalue weighted by molar-refractivity contribution is 9.10. The lowest BCUT2D eigenvalue weighted by Gasteiger charge is -2.07. The topological polar surface area (TPSA) is 58.0 Å². The van der Waals surface area contributed by atoms with Crippen LogP contribution in [0.1, 0.15) is 6.92 Å². The van der Waals surface area contributed by atoms with Crippen molar-refractivity contribution in [3.8, 4) is 0 Å². The van der Waals surface area contributed by atoms with Crippen LogP contribution < -0.4 is 5.32 Å². The average Bonchev–Trinajstić information content (AvgIpc) is 2.02. The van der Waals surface area contributed by atoms with Crippen LogP contribution >= 0.6 is 27.5 Å². The molecule has 1 rings (SSSR count). The molecule has 1 aromatic heterocycles. The second kappa shape index (κ2) is 4.74. The van der Waals surface area contributed by atoms with E-state index in [4.69, 9.17) is 16.7 Å². The summed E-state index contributed by atoms with van der Waals surface area (Å²) in [5.41, 5.74) is 0. The molecule has 1 aromatic rings. The van der Waals surface area contributed by atoms with Crippen molar-refractivity contribution in [3.05, 3.63) is 16.0 Å². The maximum absolute atomic E-state index is 9.00. The monoisotopic (exact) mass is 265 g/mol. The maximum atomic E-state index is 9.00. The van der Waals surface area contributed by atoms with Gasteiger partial charge in [-0.1, -0.05) is 11.6 Å². The fourth-order valence-electron chi connectivity index (χ4n) is 0.710. The summed E-state index contributed by atoms with van der Waals surface area (Å²) in [7, 11) is 0. The van der Waals surface area contributed by atoms with Crippen molar-refractivity contribution in [2.75, 3.05) is 11.9 Å². The molecule has 0 aliphatic carbocycles. The van der Waals surface area contributed by atoms with Crippen LogP contribution in [0.4, 0.5) is 5.82 Å². The Morgan fingerprint density at radius 3 is 3.00 bits per heavy atom. The highest BCUT2D eigenvalue weighted by atomic mass is 79.9. The van der Waals surface area contributed by atoms with E-state index in [1.54, 1.807) is 6.92 Å². The Kier molecular flexibility index (Phi) is 3.90. The van der Waals surface area contributed by atoms with Gasteiger partial charge < -0.3 is 10.4 Å². The summed E-state index contributed by atoms with van der Waals surface area (Å²) in [6, 6.07) is 0. The first kappa shape index (κ1) is 10.7. The minimum atomic E-state index is -0.443. The summed E-state index contributed by atoms with van der Waals surface area (Å²) < 4.78 is 0.583. The van der Waals surface area contributed by atoms with Crippen molar-refractivity contribution in [2.24, 2.45) is 0 Å². The van der Waals surface area contributed by atoms with Gasteiger partial charge in [0.25, 0.3) is 0 Å². The van der Waals surface area contributed by atoms with Crippen molar-refractivity contribution in [1.29, 1.82) is 0 Å². The zero-order chi connectivity index (χ0) is 9.84. The number of nitrogens with one attached hydrogen (secondary N) is 1. The van der Waals surface area contributed by atoms with Crippen LogP contribution in [0.5, 0.6) is 0 Å². The molecule has 0 fully saturated rings. The normalized spacial score (nSPS) is 12.6. The van der Waals surface area contributed by atoms with Gasteiger partial charge in [0, 0.05) is 6.54 Å². The average molecular weight is 267 g/mol. The predicted molar refractivity (Wildman–Crippen MR) is 54.9 cm³/mol. The summed E-state index contributed by atoms with van der Waals surface area (Å²) in [5, 5.41) is 12.1. The Labute approximate surface area is 89.5 Å². The number of aromatic nitrogens is 2. The summed E-state index contributed by atoms with van der Waals surface area (Å²) in [6.07, 6.45) is 1.09. The molecule has 0 spiro atoms. The van der Waals surface area contributed by atoms with E-state index < -0.39 is 6.10 Å². The lowest BCUT2D eigenvalue weighted by molar-refractivity contribution is 0.208. The molecule has 0 aliphatic rings. The summed E-state index contributed by atoms with van der Waals surface area (Å²) in [6.45, 7) is 2.07. The summed E-state index contributed by atoms with van der Waals surface area (Å²) in [5.74, 6) is 0.478. The first-order valence-electron chi connectivity index (χ1n) is 3.69. The standard InChI is InChI=1S/C7H9BrClN3O/c1-4(13)2-10-7-6(9)12-5(8)3-11-7/h3-4,13H,2H2,1H3,(H,10,11). The molecule has 0 aromatic carbocycles. The minimum Gasteiger partial charge on any atom is -0.392 e. The van der Waals surface area contributed by atoms with E-state index in [-0.39, 0.29) is 5.15 Å². The third kappa shape index (κ3) is 3.46. The molecule has 13 heavy (non-hydrogen) atoms. The van der Waals surface area contributed by atoms with E-state index in [0.29, 0.717) is 17.0 Å². The molecular weight excluding hydrogens is 257 g/mol. The molecule has 0 saturated heterocycles. The van der Waals surface area contributed by atoms with Gasteiger partial charge >= 0.3 is 0 Å². The number of halogens is 2. The molecule has 1 unspecified atom stereocenters. The molecule has 1 atom stereocenters. The molecule has 4 nitrogen and oxygen atoms in total. The lowest BCUT2D eigenvalue weighted by atomic mass is 10.4. The summed E-state index contributed by atoms with van der Waals surface area (Å²) in [4.78, 5) is 7.91. The lowest BCUT2D eigenvalue weighted by Crippen LogP contribution is -2.16. The van der Waals surface area contributed by atoms with Crippen LogP contribution in [0.3, 0.4) is 0 Å². The van der Waals surface area contributed by atoms with Crippen LogP contribution in [-0.4, -0.2) is 27.7 Å². The van der Waals surface area contributed by atoms with Gasteiger partial charge in [0.1, 0.15) is 4.60 Å². The Morgan fingerprint density at radius 2 is 2.46 bits per heavy atom. The van der Waals surface area contributed by atoms with E-state index >= 15 is 0 Å². The molecule has 6 heteroatoms. The molecule has 2 N–H and O–H groups in total. The molecule has 0 radical (unpaired) electrons. The van der Waals surface area contributed by atoms with Crippen molar-refractivity contribution in [1.82, 2.24) is 9.97 Å². The largest absolute Gasteiger partial charge is 0.392 e. The second-order valence-corrected chi connectivity index (χ2v) is 3.73. The fourth-order valence-corrected chi connectivity index (χ4v) is 1.30. The van der Waals surface area contributed by atoms with Gasteiger partial charge in [0.2, 0.25) is 0 Å². The molecule has 0 aliphatic heterocycles. The van der Waals surface area contributed by atoms with E-state index in [9.17, 15) is 0 Å². The van der Waals surface area contributed by atoms with E-state index in [1.807, 2.05) is 0 Å². The smallest absolute Gasteiger partial charge is 0.172 e. The van der Waals surface area contributed by atoms with Gasteiger partial charge in [-0.05, 0) is 22.9 Å². The van der Waals surface area contributed by atoms with Crippen molar-refractivity contribution in [2.45, 2.75) is 13.0 Å². The third-order valence-corrected chi connectivity index (χ3v) is 1.91. The van der Waals surface area contributed by atoms with Gasteiger partial charge in [-0.3, -0.25) is 0 Å². The van der Waals surface area contributed by atoms with Gasteiger partial charge in [0.05, 0.1) is 12.3 Å². The predicted octanol–water partition coefficient (Wildman–Crippen LogP) is 1.69. The molecule has 0 saturated carbocycles. The number of anilines is 1. The number of hydrogen-bond donors (Lipinski definition) is 2. The molecule has 72 valence electrons. The maximum Gasteiger partial charge on any atom is 0.172 e. The zero-order valence-corrected chi connectivity index (χ0v) is 9.30. The number of rotatable bonds is 3. The van der Waals surface area contributed by atoms with Crippen LogP contribution in [0, 0.1) is 0 Å². The minimum absolute atomic E-state index is 0.287. The van der Waals surface area contributed by atoms with Gasteiger partial charge in [0.15, 0.2) is 11.0 Å². The Morgan fingerprint density at radius 1 is 1.77 bits per heavy atom. The van der Waals surface area contributed by atoms with Gasteiger partial charge in [-0.2, -0.15) is 0 Å². The van der Waals surface area contributed by atoms with Crippen LogP contribution in [0.25, 0.3) is 0 Å². The Balaban J connectivity index is 2.67. The fraction of sp³-hybridized carbons (Fsp3) is 0.429. The number of aliphatic hydroxyl groups is 1. The van der Waals surface area contributed by atoms with E-state index in [0.717, 1.165) is 0 Å². The second-order valence-electron chi connectivity index (χ2n) is 2.56. The van der Waals surface area contributed by atoms with E-state index in [1.165, 1.54) is 6.20 Å². The first-order valence-corrected chi connectivity index (χ1v) is 4.86. The van der Waals surface area contributed by atoms with Gasteiger partial charge in [-0.15, -0.1) is 0 Å². The molecule has 0 amide bonds. The number of nitrogens with zero attached hydrogens (tertiary/aromatic N) is 2. The SMILES string of the molecule is CC(O)CNc1ncc(Br)nc1Cl. The van der Waals surface area contributed by atoms with Gasteiger partial charge in [-0.25, -0.2) is 9.97 Å². The highest BCUT2D eigenvalue weighted by Crippen LogP contribution is 2.18. The van der Waals surface area contributed by atoms with Crippen LogP contribution in [0.2, 0.25) is 5.15 Å².